The largest absolute Gasteiger partial charge is 0.309 e. The van der Waals surface area contributed by atoms with Crippen molar-refractivity contribution in [2.45, 2.75) is 57.4 Å². The van der Waals surface area contributed by atoms with Crippen LogP contribution >= 0.6 is 0 Å². The van der Waals surface area contributed by atoms with E-state index in [-0.39, 0.29) is 17.7 Å². The second-order valence-corrected chi connectivity index (χ2v) is 8.81. The molecule has 1 aliphatic carbocycles. The highest BCUT2D eigenvalue weighted by Gasteiger charge is 2.29. The molecule has 32 heavy (non-hydrogen) atoms. The molecule has 0 saturated heterocycles. The molecule has 1 aliphatic heterocycles. The number of unbranched alkanes of at least 4 members (excludes halogenated alkanes) is 1. The summed E-state index contributed by atoms with van der Waals surface area (Å²) < 4.78 is 0. The molecule has 1 fully saturated rings. The van der Waals surface area contributed by atoms with Gasteiger partial charge in [-0.3, -0.25) is 14.7 Å². The standard InChI is InChI=1S/C26H28N4O2/c1-2-3-7-21(25(31)27-24-15-23(28-29-24)18-9-10-18)17-11-13-20(14-12-17)30-16-19-6-4-5-8-22(19)26(30)32/h4-6,8,11-15,18,21H,2-3,7,9-10,16H2,1H3,(H2,27,28,29,31). The number of carbonyl (C=O) groups is 2. The van der Waals surface area contributed by atoms with Gasteiger partial charge in [0.1, 0.15) is 0 Å². The van der Waals surface area contributed by atoms with Crippen LogP contribution in [-0.2, 0) is 11.3 Å². The number of amides is 2. The van der Waals surface area contributed by atoms with E-state index >= 15 is 0 Å². The lowest BCUT2D eigenvalue weighted by Crippen LogP contribution is -2.24. The van der Waals surface area contributed by atoms with Crippen LogP contribution < -0.4 is 10.2 Å². The third-order valence-electron chi connectivity index (χ3n) is 6.46. The van der Waals surface area contributed by atoms with Gasteiger partial charge in [-0.2, -0.15) is 5.10 Å². The lowest BCUT2D eigenvalue weighted by atomic mass is 9.92. The molecular weight excluding hydrogens is 400 g/mol. The predicted octanol–water partition coefficient (Wildman–Crippen LogP) is 5.36. The Morgan fingerprint density at radius 2 is 1.97 bits per heavy atom. The van der Waals surface area contributed by atoms with E-state index in [0.29, 0.717) is 18.3 Å². The summed E-state index contributed by atoms with van der Waals surface area (Å²) in [7, 11) is 0. The number of nitrogens with zero attached hydrogens (tertiary/aromatic N) is 2. The van der Waals surface area contributed by atoms with E-state index in [0.717, 1.165) is 47.3 Å². The van der Waals surface area contributed by atoms with Crippen LogP contribution in [0.3, 0.4) is 0 Å². The van der Waals surface area contributed by atoms with Crippen LogP contribution in [0.1, 0.15) is 78.0 Å². The number of hydrogen-bond donors (Lipinski definition) is 2. The molecule has 2 heterocycles. The third-order valence-corrected chi connectivity index (χ3v) is 6.46. The Labute approximate surface area is 188 Å². The van der Waals surface area contributed by atoms with Crippen molar-refractivity contribution in [3.05, 3.63) is 77.0 Å². The third kappa shape index (κ3) is 4.05. The summed E-state index contributed by atoms with van der Waals surface area (Å²) in [4.78, 5) is 27.7. The maximum absolute atomic E-state index is 13.1. The van der Waals surface area contributed by atoms with E-state index in [1.54, 1.807) is 4.90 Å². The first kappa shape index (κ1) is 20.5. The van der Waals surface area contributed by atoms with Gasteiger partial charge in [-0.05, 0) is 48.6 Å². The van der Waals surface area contributed by atoms with Gasteiger partial charge in [0.15, 0.2) is 5.82 Å². The second kappa shape index (κ2) is 8.61. The molecule has 164 valence electrons. The maximum Gasteiger partial charge on any atom is 0.258 e. The van der Waals surface area contributed by atoms with E-state index < -0.39 is 0 Å². The van der Waals surface area contributed by atoms with Gasteiger partial charge >= 0.3 is 0 Å². The Bertz CT molecular complexity index is 1130. The summed E-state index contributed by atoms with van der Waals surface area (Å²) in [5, 5.41) is 10.3. The Hall–Kier alpha value is -3.41. The minimum absolute atomic E-state index is 0.0265. The number of carbonyl (C=O) groups excluding carboxylic acids is 2. The summed E-state index contributed by atoms with van der Waals surface area (Å²) >= 11 is 0. The molecule has 1 atom stereocenters. The van der Waals surface area contributed by atoms with Crippen molar-refractivity contribution in [1.82, 2.24) is 10.2 Å². The van der Waals surface area contributed by atoms with Crippen molar-refractivity contribution < 1.29 is 9.59 Å². The first-order valence-corrected chi connectivity index (χ1v) is 11.5. The van der Waals surface area contributed by atoms with Crippen molar-refractivity contribution in [3.8, 4) is 0 Å². The number of aromatic amines is 1. The van der Waals surface area contributed by atoms with E-state index in [1.807, 2.05) is 54.6 Å². The van der Waals surface area contributed by atoms with Gasteiger partial charge in [0.2, 0.25) is 5.91 Å². The number of rotatable bonds is 8. The number of hydrogen-bond acceptors (Lipinski definition) is 3. The van der Waals surface area contributed by atoms with Crippen LogP contribution in [0.15, 0.2) is 54.6 Å². The molecule has 0 radical (unpaired) electrons. The monoisotopic (exact) mass is 428 g/mol. The quantitative estimate of drug-likeness (QED) is 0.507. The van der Waals surface area contributed by atoms with E-state index in [4.69, 9.17) is 0 Å². The summed E-state index contributed by atoms with van der Waals surface area (Å²) in [5.74, 6) is 0.895. The average molecular weight is 429 g/mol. The molecule has 3 aromatic rings. The number of fused-ring (bicyclic) bond motifs is 1. The van der Waals surface area contributed by atoms with Gasteiger partial charge in [-0.15, -0.1) is 0 Å². The minimum atomic E-state index is -0.253. The molecule has 1 aromatic heterocycles. The zero-order valence-electron chi connectivity index (χ0n) is 18.3. The first-order valence-electron chi connectivity index (χ1n) is 11.5. The zero-order valence-corrected chi connectivity index (χ0v) is 18.3. The van der Waals surface area contributed by atoms with Crippen LogP contribution in [0.25, 0.3) is 0 Å². The fourth-order valence-electron chi connectivity index (χ4n) is 4.42. The summed E-state index contributed by atoms with van der Waals surface area (Å²) in [6, 6.07) is 17.5. The fraction of sp³-hybridized carbons (Fsp3) is 0.346. The van der Waals surface area contributed by atoms with Gasteiger partial charge in [0.05, 0.1) is 12.5 Å². The molecule has 0 bridgehead atoms. The van der Waals surface area contributed by atoms with E-state index in [9.17, 15) is 9.59 Å². The van der Waals surface area contributed by atoms with Gasteiger partial charge in [-0.25, -0.2) is 0 Å². The number of aromatic nitrogens is 2. The molecule has 2 amide bonds. The minimum Gasteiger partial charge on any atom is -0.309 e. The lowest BCUT2D eigenvalue weighted by Gasteiger charge is -2.19. The van der Waals surface area contributed by atoms with Crippen LogP contribution in [-0.4, -0.2) is 22.0 Å². The average Bonchev–Trinajstić information content (AvgIpc) is 3.47. The molecular formula is C26H28N4O2. The van der Waals surface area contributed by atoms with Crippen molar-refractivity contribution in [1.29, 1.82) is 0 Å². The molecule has 0 spiro atoms. The zero-order chi connectivity index (χ0) is 22.1. The normalized spacial score (nSPS) is 16.2. The SMILES string of the molecule is CCCCC(C(=O)Nc1cc(C2CC2)[nH]n1)c1ccc(N2Cc3ccccc3C2=O)cc1. The van der Waals surface area contributed by atoms with Crippen molar-refractivity contribution in [2.24, 2.45) is 0 Å². The first-order chi connectivity index (χ1) is 15.6. The van der Waals surface area contributed by atoms with Crippen LogP contribution in [0.5, 0.6) is 0 Å². The highest BCUT2D eigenvalue weighted by Crippen LogP contribution is 2.39. The lowest BCUT2D eigenvalue weighted by molar-refractivity contribution is -0.117. The molecule has 2 N–H and O–H groups in total. The Kier molecular flexibility index (Phi) is 5.52. The van der Waals surface area contributed by atoms with Gasteiger partial charge in [0, 0.05) is 28.9 Å². The second-order valence-electron chi connectivity index (χ2n) is 8.81. The Balaban J connectivity index is 1.32. The fourth-order valence-corrected chi connectivity index (χ4v) is 4.42. The van der Waals surface area contributed by atoms with E-state index in [1.165, 1.54) is 12.8 Å². The van der Waals surface area contributed by atoms with Crippen LogP contribution in [0, 0.1) is 0 Å². The van der Waals surface area contributed by atoms with Crippen LogP contribution in [0.2, 0.25) is 0 Å². The summed E-state index contributed by atoms with van der Waals surface area (Å²) in [5.41, 5.74) is 4.73. The number of benzene rings is 2. The number of H-pyrrole nitrogens is 1. The van der Waals surface area contributed by atoms with Gasteiger partial charge < -0.3 is 10.2 Å². The Morgan fingerprint density at radius 1 is 1.19 bits per heavy atom. The van der Waals surface area contributed by atoms with Crippen molar-refractivity contribution in [3.63, 3.8) is 0 Å². The van der Waals surface area contributed by atoms with Crippen LogP contribution in [0.4, 0.5) is 11.5 Å². The molecule has 2 aliphatic rings. The molecule has 6 heteroatoms. The summed E-state index contributed by atoms with van der Waals surface area (Å²) in [6.45, 7) is 2.71. The van der Waals surface area contributed by atoms with Gasteiger partial charge in [0.25, 0.3) is 5.91 Å². The highest BCUT2D eigenvalue weighted by molar-refractivity contribution is 6.10. The molecule has 5 rings (SSSR count). The molecule has 1 saturated carbocycles. The predicted molar refractivity (Wildman–Crippen MR) is 125 cm³/mol. The molecule has 2 aromatic carbocycles. The smallest absolute Gasteiger partial charge is 0.258 e. The summed E-state index contributed by atoms with van der Waals surface area (Å²) in [6.07, 6.45) is 5.14. The van der Waals surface area contributed by atoms with E-state index in [2.05, 4.69) is 22.4 Å². The highest BCUT2D eigenvalue weighted by atomic mass is 16.2. The topological polar surface area (TPSA) is 78.1 Å². The van der Waals surface area contributed by atoms with Crippen molar-refractivity contribution >= 4 is 23.3 Å². The number of anilines is 2. The maximum atomic E-state index is 13.1. The number of nitrogens with one attached hydrogen (secondary N) is 2. The Morgan fingerprint density at radius 3 is 2.69 bits per heavy atom. The van der Waals surface area contributed by atoms with Crippen molar-refractivity contribution in [2.75, 3.05) is 10.2 Å². The molecule has 6 nitrogen and oxygen atoms in total. The van der Waals surface area contributed by atoms with Gasteiger partial charge in [-0.1, -0.05) is 50.1 Å². The molecule has 1 unspecified atom stereocenters.